The lowest BCUT2D eigenvalue weighted by Crippen LogP contribution is -2.20. The maximum atomic E-state index is 13.9. The third-order valence-corrected chi connectivity index (χ3v) is 4.28. The van der Waals surface area contributed by atoms with Crippen molar-refractivity contribution in [3.8, 4) is 0 Å². The summed E-state index contributed by atoms with van der Waals surface area (Å²) < 4.78 is 14.7. The van der Waals surface area contributed by atoms with Crippen LogP contribution in [0.5, 0.6) is 0 Å². The number of halogens is 4. The summed E-state index contributed by atoms with van der Waals surface area (Å²) in [5, 5.41) is 4.30. The number of nitrogens with one attached hydrogen (secondary N) is 1. The van der Waals surface area contributed by atoms with Gasteiger partial charge in [-0.2, -0.15) is 0 Å². The van der Waals surface area contributed by atoms with Crippen molar-refractivity contribution in [2.75, 3.05) is 7.05 Å². The van der Waals surface area contributed by atoms with Crippen LogP contribution >= 0.6 is 39.1 Å². The van der Waals surface area contributed by atoms with Crippen LogP contribution in [0.1, 0.15) is 17.2 Å². The van der Waals surface area contributed by atoms with Crippen LogP contribution in [0.15, 0.2) is 40.9 Å². The van der Waals surface area contributed by atoms with Crippen molar-refractivity contribution in [2.45, 2.75) is 12.5 Å². The second-order valence-electron chi connectivity index (χ2n) is 4.42. The van der Waals surface area contributed by atoms with Crippen LogP contribution in [0, 0.1) is 5.82 Å². The first kappa shape index (κ1) is 15.8. The molecule has 0 aliphatic carbocycles. The Kier molecular flexibility index (Phi) is 5.44. The maximum Gasteiger partial charge on any atom is 0.126 e. The highest BCUT2D eigenvalue weighted by Crippen LogP contribution is 2.32. The molecule has 1 N–H and O–H groups in total. The lowest BCUT2D eigenvalue weighted by Gasteiger charge is -2.20. The Morgan fingerprint density at radius 1 is 1.20 bits per heavy atom. The molecule has 5 heteroatoms. The summed E-state index contributed by atoms with van der Waals surface area (Å²) in [6.07, 6.45) is 0.464. The van der Waals surface area contributed by atoms with E-state index in [1.165, 1.54) is 6.07 Å². The lowest BCUT2D eigenvalue weighted by atomic mass is 9.98. The molecule has 1 atom stereocenters. The fourth-order valence-corrected chi connectivity index (χ4v) is 3.18. The normalized spacial score (nSPS) is 12.4. The Balaban J connectivity index is 2.36. The summed E-state index contributed by atoms with van der Waals surface area (Å²) in [6.45, 7) is 0. The summed E-state index contributed by atoms with van der Waals surface area (Å²) in [6, 6.07) is 10.1. The van der Waals surface area contributed by atoms with Crippen molar-refractivity contribution in [3.63, 3.8) is 0 Å². The van der Waals surface area contributed by atoms with E-state index >= 15 is 0 Å². The van der Waals surface area contributed by atoms with Crippen molar-refractivity contribution < 1.29 is 4.39 Å². The highest BCUT2D eigenvalue weighted by molar-refractivity contribution is 9.10. The van der Waals surface area contributed by atoms with Crippen LogP contribution < -0.4 is 5.32 Å². The van der Waals surface area contributed by atoms with Gasteiger partial charge in [0.2, 0.25) is 0 Å². The molecule has 0 spiro atoms. The van der Waals surface area contributed by atoms with Gasteiger partial charge in [-0.15, -0.1) is 0 Å². The Hall–Kier alpha value is -0.610. The monoisotopic (exact) mass is 375 g/mol. The molecule has 1 nitrogen and oxygen atoms in total. The van der Waals surface area contributed by atoms with Gasteiger partial charge in [0.05, 0.1) is 0 Å². The molecule has 0 saturated carbocycles. The van der Waals surface area contributed by atoms with E-state index in [2.05, 4.69) is 21.2 Å². The van der Waals surface area contributed by atoms with Crippen LogP contribution in [0.3, 0.4) is 0 Å². The number of benzene rings is 2. The summed E-state index contributed by atoms with van der Waals surface area (Å²) in [5.41, 5.74) is 1.40. The molecule has 0 aromatic heterocycles. The van der Waals surface area contributed by atoms with Gasteiger partial charge in [-0.25, -0.2) is 4.39 Å². The van der Waals surface area contributed by atoms with E-state index < -0.39 is 0 Å². The predicted octanol–water partition coefficient (Wildman–Crippen LogP) is 5.40. The average Bonchev–Trinajstić information content (AvgIpc) is 2.41. The first-order valence-corrected chi connectivity index (χ1v) is 7.63. The minimum absolute atomic E-state index is 0.153. The zero-order valence-corrected chi connectivity index (χ0v) is 13.9. The van der Waals surface area contributed by atoms with Gasteiger partial charge in [-0.3, -0.25) is 0 Å². The van der Waals surface area contributed by atoms with Crippen molar-refractivity contribution in [1.82, 2.24) is 5.32 Å². The Morgan fingerprint density at radius 2 is 1.85 bits per heavy atom. The third-order valence-electron chi connectivity index (χ3n) is 3.13. The highest BCUT2D eigenvalue weighted by Gasteiger charge is 2.18. The molecule has 2 aromatic carbocycles. The molecule has 0 saturated heterocycles. The Morgan fingerprint density at radius 3 is 2.45 bits per heavy atom. The van der Waals surface area contributed by atoms with Gasteiger partial charge in [-0.05, 0) is 49.4 Å². The largest absolute Gasteiger partial charge is 0.313 e. The fraction of sp³-hybridized carbons (Fsp3) is 0.200. The van der Waals surface area contributed by atoms with Crippen LogP contribution in [0.25, 0.3) is 0 Å². The first-order chi connectivity index (χ1) is 9.52. The van der Waals surface area contributed by atoms with E-state index in [1.807, 2.05) is 0 Å². The molecule has 2 aromatic rings. The molecule has 1 unspecified atom stereocenters. The third kappa shape index (κ3) is 3.53. The second-order valence-corrected chi connectivity index (χ2v) is 6.15. The molecule has 0 bridgehead atoms. The van der Waals surface area contributed by atoms with Gasteiger partial charge in [-0.1, -0.05) is 45.2 Å². The molecular formula is C15H13BrCl2FN. The van der Waals surface area contributed by atoms with Gasteiger partial charge in [0.25, 0.3) is 0 Å². The smallest absolute Gasteiger partial charge is 0.126 e. The number of hydrogen-bond acceptors (Lipinski definition) is 1. The molecule has 0 aliphatic heterocycles. The van der Waals surface area contributed by atoms with Crippen LogP contribution in [0.4, 0.5) is 4.39 Å². The van der Waals surface area contributed by atoms with E-state index in [4.69, 9.17) is 23.2 Å². The summed E-state index contributed by atoms with van der Waals surface area (Å²) >= 11 is 15.8. The van der Waals surface area contributed by atoms with E-state index in [9.17, 15) is 4.39 Å². The molecule has 0 fully saturated rings. The van der Waals surface area contributed by atoms with Crippen molar-refractivity contribution in [1.29, 1.82) is 0 Å². The SMILES string of the molecule is CNC(Cc1cc(Br)ccc1F)c1c(Cl)cccc1Cl. The van der Waals surface area contributed by atoms with Gasteiger partial charge in [0.1, 0.15) is 5.82 Å². The van der Waals surface area contributed by atoms with Crippen molar-refractivity contribution >= 4 is 39.1 Å². The highest BCUT2D eigenvalue weighted by atomic mass is 79.9. The molecule has 0 heterocycles. The van der Waals surface area contributed by atoms with E-state index in [-0.39, 0.29) is 11.9 Å². The predicted molar refractivity (Wildman–Crippen MR) is 86.1 cm³/mol. The van der Waals surface area contributed by atoms with E-state index in [0.29, 0.717) is 22.0 Å². The average molecular weight is 377 g/mol. The molecule has 0 amide bonds. The number of hydrogen-bond donors (Lipinski definition) is 1. The zero-order chi connectivity index (χ0) is 14.7. The van der Waals surface area contributed by atoms with Crippen molar-refractivity contribution in [2.24, 2.45) is 0 Å². The van der Waals surface area contributed by atoms with Crippen molar-refractivity contribution in [3.05, 3.63) is 67.9 Å². The van der Waals surface area contributed by atoms with Gasteiger partial charge >= 0.3 is 0 Å². The molecule has 2 rings (SSSR count). The molecular weight excluding hydrogens is 364 g/mol. The standard InChI is InChI=1S/C15H13BrCl2FN/c1-20-14(15-11(17)3-2-4-12(15)18)8-9-7-10(16)5-6-13(9)19/h2-7,14,20H,8H2,1H3. The van der Waals surface area contributed by atoms with Gasteiger partial charge in [0, 0.05) is 26.1 Å². The molecule has 0 radical (unpaired) electrons. The Labute approximate surface area is 136 Å². The topological polar surface area (TPSA) is 12.0 Å². The first-order valence-electron chi connectivity index (χ1n) is 6.08. The lowest BCUT2D eigenvalue weighted by molar-refractivity contribution is 0.554. The van der Waals surface area contributed by atoms with Crippen LogP contribution in [-0.4, -0.2) is 7.05 Å². The molecule has 20 heavy (non-hydrogen) atoms. The summed E-state index contributed by atoms with van der Waals surface area (Å²) in [7, 11) is 1.81. The number of likely N-dealkylation sites (N-methyl/N-ethyl adjacent to an activating group) is 1. The van der Waals surface area contributed by atoms with Crippen LogP contribution in [-0.2, 0) is 6.42 Å². The maximum absolute atomic E-state index is 13.9. The zero-order valence-electron chi connectivity index (χ0n) is 10.8. The van der Waals surface area contributed by atoms with Crippen LogP contribution in [0.2, 0.25) is 10.0 Å². The number of rotatable bonds is 4. The van der Waals surface area contributed by atoms with Gasteiger partial charge < -0.3 is 5.32 Å². The van der Waals surface area contributed by atoms with E-state index in [1.54, 1.807) is 37.4 Å². The minimum atomic E-state index is -0.239. The second kappa shape index (κ2) is 6.90. The van der Waals surface area contributed by atoms with Gasteiger partial charge in [0.15, 0.2) is 0 Å². The molecule has 106 valence electrons. The summed E-state index contributed by atoms with van der Waals surface area (Å²) in [5.74, 6) is -0.239. The van der Waals surface area contributed by atoms with E-state index in [0.717, 1.165) is 10.0 Å². The Bertz CT molecular complexity index is 599. The summed E-state index contributed by atoms with van der Waals surface area (Å²) in [4.78, 5) is 0. The quantitative estimate of drug-likeness (QED) is 0.753. The molecule has 0 aliphatic rings. The minimum Gasteiger partial charge on any atom is -0.313 e. The fourth-order valence-electron chi connectivity index (χ4n) is 2.11.